The molecule has 0 spiro atoms. The summed E-state index contributed by atoms with van der Waals surface area (Å²) in [7, 11) is 0. The summed E-state index contributed by atoms with van der Waals surface area (Å²) < 4.78 is 16.0. The van der Waals surface area contributed by atoms with Gasteiger partial charge < -0.3 is 13.8 Å². The summed E-state index contributed by atoms with van der Waals surface area (Å²) >= 11 is 1.44. The fraction of sp³-hybridized carbons (Fsp3) is 0.182. The highest BCUT2D eigenvalue weighted by atomic mass is 32.2. The third kappa shape index (κ3) is 4.44. The summed E-state index contributed by atoms with van der Waals surface area (Å²) in [5.74, 6) is 1.52. The highest BCUT2D eigenvalue weighted by Crippen LogP contribution is 2.28. The Kier molecular flexibility index (Phi) is 5.94. The minimum absolute atomic E-state index is 0.0119. The second-order valence-corrected chi connectivity index (χ2v) is 7.54. The largest absolute Gasteiger partial charge is 0.455 e. The molecule has 4 aromatic rings. The predicted molar refractivity (Wildman–Crippen MR) is 111 cm³/mol. The highest BCUT2D eigenvalue weighted by molar-refractivity contribution is 7.98. The second kappa shape index (κ2) is 8.96. The molecule has 8 heteroatoms. The summed E-state index contributed by atoms with van der Waals surface area (Å²) in [6.45, 7) is 3.77. The third-order valence-corrected chi connectivity index (χ3v) is 5.53. The Hall–Kier alpha value is -3.39. The number of nitrogens with zero attached hydrogens (tertiary/aromatic N) is 3. The Morgan fingerprint density at radius 3 is 2.67 bits per heavy atom. The monoisotopic (exact) mass is 421 g/mol. The van der Waals surface area contributed by atoms with Crippen LogP contribution in [0.15, 0.2) is 68.8 Å². The topological polar surface area (TPSA) is 91.2 Å². The number of aryl methyl sites for hydroxylation is 2. The SMILES string of the molecule is Cc1noc(C)c1CSc1ncccc1C(=O)OCc1cc(-c2ccccc2)on1. The van der Waals surface area contributed by atoms with Crippen LogP contribution in [0.5, 0.6) is 0 Å². The van der Waals surface area contributed by atoms with Gasteiger partial charge in [0, 0.05) is 29.1 Å². The van der Waals surface area contributed by atoms with Gasteiger partial charge in [-0.3, -0.25) is 0 Å². The van der Waals surface area contributed by atoms with Gasteiger partial charge in [-0.05, 0) is 26.0 Å². The summed E-state index contributed by atoms with van der Waals surface area (Å²) in [6.07, 6.45) is 1.65. The van der Waals surface area contributed by atoms with Gasteiger partial charge in [-0.25, -0.2) is 9.78 Å². The zero-order chi connectivity index (χ0) is 20.9. The molecule has 0 aliphatic rings. The van der Waals surface area contributed by atoms with E-state index in [-0.39, 0.29) is 6.61 Å². The second-order valence-electron chi connectivity index (χ2n) is 6.57. The van der Waals surface area contributed by atoms with Gasteiger partial charge in [0.1, 0.15) is 23.1 Å². The normalized spacial score (nSPS) is 10.9. The van der Waals surface area contributed by atoms with Crippen molar-refractivity contribution >= 4 is 17.7 Å². The van der Waals surface area contributed by atoms with Crippen LogP contribution in [0.1, 0.15) is 33.1 Å². The molecular weight excluding hydrogens is 402 g/mol. The smallest absolute Gasteiger partial charge is 0.341 e. The molecule has 0 saturated heterocycles. The molecule has 0 atom stereocenters. The average Bonchev–Trinajstić information content (AvgIpc) is 3.38. The standard InChI is InChI=1S/C22H19N3O4S/c1-14-19(15(2)28-24-14)13-30-21-18(9-6-10-23-21)22(26)27-12-17-11-20(29-25-17)16-7-4-3-5-8-16/h3-11H,12-13H2,1-2H3. The van der Waals surface area contributed by atoms with Crippen LogP contribution in [0.25, 0.3) is 11.3 Å². The summed E-state index contributed by atoms with van der Waals surface area (Å²) in [5, 5.41) is 8.53. The van der Waals surface area contributed by atoms with E-state index < -0.39 is 5.97 Å². The zero-order valence-electron chi connectivity index (χ0n) is 16.5. The molecule has 0 unspecified atom stereocenters. The van der Waals surface area contributed by atoms with E-state index in [9.17, 15) is 4.79 Å². The van der Waals surface area contributed by atoms with Crippen molar-refractivity contribution < 1.29 is 18.6 Å². The van der Waals surface area contributed by atoms with Crippen molar-refractivity contribution in [2.24, 2.45) is 0 Å². The van der Waals surface area contributed by atoms with Gasteiger partial charge in [-0.1, -0.05) is 40.6 Å². The molecule has 3 heterocycles. The van der Waals surface area contributed by atoms with Crippen molar-refractivity contribution in [2.75, 3.05) is 0 Å². The third-order valence-electron chi connectivity index (χ3n) is 4.49. The maximum atomic E-state index is 12.6. The fourth-order valence-corrected chi connectivity index (χ4v) is 3.98. The van der Waals surface area contributed by atoms with Gasteiger partial charge in [0.05, 0.1) is 11.3 Å². The van der Waals surface area contributed by atoms with Crippen molar-refractivity contribution in [3.05, 3.63) is 83.0 Å². The van der Waals surface area contributed by atoms with Gasteiger partial charge in [0.2, 0.25) is 0 Å². The Bertz CT molecular complexity index is 1130. The number of rotatable bonds is 7. The fourth-order valence-electron chi connectivity index (χ4n) is 2.85. The lowest BCUT2D eigenvalue weighted by molar-refractivity contribution is 0.0459. The quantitative estimate of drug-likeness (QED) is 0.304. The van der Waals surface area contributed by atoms with Crippen molar-refractivity contribution in [3.63, 3.8) is 0 Å². The molecule has 0 N–H and O–H groups in total. The lowest BCUT2D eigenvalue weighted by Gasteiger charge is -2.07. The molecule has 3 aromatic heterocycles. The van der Waals surface area contributed by atoms with Crippen molar-refractivity contribution in [1.82, 2.24) is 15.3 Å². The van der Waals surface area contributed by atoms with Crippen LogP contribution < -0.4 is 0 Å². The van der Waals surface area contributed by atoms with E-state index in [1.165, 1.54) is 11.8 Å². The van der Waals surface area contributed by atoms with Crippen LogP contribution >= 0.6 is 11.8 Å². The Morgan fingerprint density at radius 2 is 1.90 bits per heavy atom. The van der Waals surface area contributed by atoms with Gasteiger partial charge in [-0.15, -0.1) is 11.8 Å². The van der Waals surface area contributed by atoms with Crippen LogP contribution in [0.2, 0.25) is 0 Å². The number of ether oxygens (including phenoxy) is 1. The molecule has 0 aliphatic heterocycles. The van der Waals surface area contributed by atoms with Gasteiger partial charge in [0.25, 0.3) is 0 Å². The molecule has 0 bridgehead atoms. The molecule has 0 fully saturated rings. The summed E-state index contributed by atoms with van der Waals surface area (Å²) in [4.78, 5) is 17.0. The zero-order valence-corrected chi connectivity index (χ0v) is 17.3. The van der Waals surface area contributed by atoms with Crippen molar-refractivity contribution in [2.45, 2.75) is 31.2 Å². The van der Waals surface area contributed by atoms with Crippen molar-refractivity contribution in [3.8, 4) is 11.3 Å². The number of aromatic nitrogens is 3. The molecule has 4 rings (SSSR count). The molecule has 0 radical (unpaired) electrons. The lowest BCUT2D eigenvalue weighted by atomic mass is 10.2. The van der Waals surface area contributed by atoms with Crippen LogP contribution in [0.4, 0.5) is 0 Å². The van der Waals surface area contributed by atoms with Crippen LogP contribution in [-0.4, -0.2) is 21.3 Å². The minimum Gasteiger partial charge on any atom is -0.455 e. The first kappa shape index (κ1) is 19.9. The number of pyridine rings is 1. The number of esters is 1. The first-order chi connectivity index (χ1) is 14.6. The number of hydrogen-bond donors (Lipinski definition) is 0. The number of carbonyl (C=O) groups is 1. The predicted octanol–water partition coefficient (Wildman–Crippen LogP) is 4.99. The van der Waals surface area contributed by atoms with E-state index in [2.05, 4.69) is 15.3 Å². The number of benzene rings is 1. The Morgan fingerprint density at radius 1 is 1.07 bits per heavy atom. The molecule has 0 aliphatic carbocycles. The molecule has 7 nitrogen and oxygen atoms in total. The minimum atomic E-state index is -0.464. The lowest BCUT2D eigenvalue weighted by Crippen LogP contribution is -2.08. The highest BCUT2D eigenvalue weighted by Gasteiger charge is 2.17. The van der Waals surface area contributed by atoms with Crippen LogP contribution in [-0.2, 0) is 17.1 Å². The van der Waals surface area contributed by atoms with Gasteiger partial charge >= 0.3 is 5.97 Å². The number of thioether (sulfide) groups is 1. The van der Waals surface area contributed by atoms with E-state index in [4.69, 9.17) is 13.8 Å². The first-order valence-corrected chi connectivity index (χ1v) is 10.3. The maximum absolute atomic E-state index is 12.6. The Balaban J connectivity index is 1.41. The summed E-state index contributed by atoms with van der Waals surface area (Å²) in [6, 6.07) is 14.8. The van der Waals surface area contributed by atoms with Crippen molar-refractivity contribution in [1.29, 1.82) is 0 Å². The molecule has 152 valence electrons. The first-order valence-electron chi connectivity index (χ1n) is 9.29. The summed E-state index contributed by atoms with van der Waals surface area (Å²) in [5.41, 5.74) is 3.69. The van der Waals surface area contributed by atoms with E-state index in [1.54, 1.807) is 24.4 Å². The van der Waals surface area contributed by atoms with Gasteiger partial charge in [0.15, 0.2) is 5.76 Å². The van der Waals surface area contributed by atoms with E-state index in [1.807, 2.05) is 44.2 Å². The average molecular weight is 421 g/mol. The van der Waals surface area contributed by atoms with Crippen LogP contribution in [0, 0.1) is 13.8 Å². The Labute approximate surface area is 177 Å². The van der Waals surface area contributed by atoms with Crippen LogP contribution in [0.3, 0.4) is 0 Å². The molecular formula is C22H19N3O4S. The molecule has 30 heavy (non-hydrogen) atoms. The number of carbonyl (C=O) groups excluding carboxylic acids is 1. The van der Waals surface area contributed by atoms with E-state index >= 15 is 0 Å². The van der Waals surface area contributed by atoms with E-state index in [0.717, 1.165) is 22.6 Å². The molecule has 1 aromatic carbocycles. The van der Waals surface area contributed by atoms with Gasteiger partial charge in [-0.2, -0.15) is 0 Å². The maximum Gasteiger partial charge on any atom is 0.341 e. The number of hydrogen-bond acceptors (Lipinski definition) is 8. The molecule has 0 amide bonds. The van der Waals surface area contributed by atoms with E-state index in [0.29, 0.717) is 27.8 Å². The molecule has 0 saturated carbocycles.